The summed E-state index contributed by atoms with van der Waals surface area (Å²) in [7, 11) is -1.93. The standard InChI is InChI=1S/C11H21NO5S/c1-8(2)7-9(11(14)17-3)12-10(13)5-6-18(4,15)16/h8-9H,5-7H2,1-4H3,(H,12,13). The minimum absolute atomic E-state index is 0.148. The van der Waals surface area contributed by atoms with Gasteiger partial charge in [0.15, 0.2) is 0 Å². The lowest BCUT2D eigenvalue weighted by molar-refractivity contribution is -0.145. The molecule has 0 saturated heterocycles. The van der Waals surface area contributed by atoms with Crippen LogP contribution in [0.4, 0.5) is 0 Å². The number of ether oxygens (including phenoxy) is 1. The van der Waals surface area contributed by atoms with E-state index in [0.29, 0.717) is 6.42 Å². The number of methoxy groups -OCH3 is 1. The van der Waals surface area contributed by atoms with Gasteiger partial charge in [-0.3, -0.25) is 4.79 Å². The van der Waals surface area contributed by atoms with Crippen LogP contribution in [-0.4, -0.2) is 45.5 Å². The maximum absolute atomic E-state index is 11.5. The Balaban J connectivity index is 4.40. The van der Waals surface area contributed by atoms with E-state index in [-0.39, 0.29) is 18.1 Å². The molecule has 6 nitrogen and oxygen atoms in total. The van der Waals surface area contributed by atoms with Crippen molar-refractivity contribution in [2.45, 2.75) is 32.7 Å². The van der Waals surface area contributed by atoms with Crippen molar-refractivity contribution in [1.82, 2.24) is 5.32 Å². The van der Waals surface area contributed by atoms with Crippen molar-refractivity contribution < 1.29 is 22.7 Å². The average molecular weight is 279 g/mol. The van der Waals surface area contributed by atoms with E-state index in [0.717, 1.165) is 6.26 Å². The van der Waals surface area contributed by atoms with Crippen molar-refractivity contribution in [2.75, 3.05) is 19.1 Å². The fraction of sp³-hybridized carbons (Fsp3) is 0.818. The molecule has 0 aromatic carbocycles. The van der Waals surface area contributed by atoms with Gasteiger partial charge in [-0.25, -0.2) is 13.2 Å². The number of rotatable bonds is 7. The molecule has 0 bridgehead atoms. The zero-order valence-corrected chi connectivity index (χ0v) is 12.0. The molecule has 0 saturated carbocycles. The molecule has 0 aliphatic rings. The number of esters is 1. The summed E-state index contributed by atoms with van der Waals surface area (Å²) in [5.41, 5.74) is 0. The Morgan fingerprint density at radius 3 is 2.22 bits per heavy atom. The molecular formula is C11H21NO5S. The first kappa shape index (κ1) is 16.9. The van der Waals surface area contributed by atoms with E-state index in [1.807, 2.05) is 13.8 Å². The van der Waals surface area contributed by atoms with Gasteiger partial charge in [0, 0.05) is 12.7 Å². The Morgan fingerprint density at radius 2 is 1.83 bits per heavy atom. The normalized spacial score (nSPS) is 13.2. The predicted molar refractivity (Wildman–Crippen MR) is 67.7 cm³/mol. The minimum Gasteiger partial charge on any atom is -0.467 e. The van der Waals surface area contributed by atoms with Crippen molar-refractivity contribution in [3.8, 4) is 0 Å². The maximum atomic E-state index is 11.5. The van der Waals surface area contributed by atoms with Crippen molar-refractivity contribution in [2.24, 2.45) is 5.92 Å². The summed E-state index contributed by atoms with van der Waals surface area (Å²) >= 11 is 0. The first-order chi connectivity index (χ1) is 8.15. The molecule has 1 unspecified atom stereocenters. The largest absolute Gasteiger partial charge is 0.467 e. The number of sulfone groups is 1. The van der Waals surface area contributed by atoms with Gasteiger partial charge in [-0.05, 0) is 12.3 Å². The Kier molecular flexibility index (Phi) is 6.90. The minimum atomic E-state index is -3.18. The van der Waals surface area contributed by atoms with Crippen LogP contribution in [0, 0.1) is 5.92 Å². The molecule has 1 atom stereocenters. The van der Waals surface area contributed by atoms with Gasteiger partial charge >= 0.3 is 5.97 Å². The number of carbonyl (C=O) groups is 2. The van der Waals surface area contributed by atoms with Crippen LogP contribution in [-0.2, 0) is 24.2 Å². The van der Waals surface area contributed by atoms with Crippen LogP contribution in [0.5, 0.6) is 0 Å². The molecule has 1 N–H and O–H groups in total. The highest BCUT2D eigenvalue weighted by Crippen LogP contribution is 2.06. The van der Waals surface area contributed by atoms with Crippen LogP contribution in [0.15, 0.2) is 0 Å². The molecule has 0 aliphatic heterocycles. The SMILES string of the molecule is COC(=O)C(CC(C)C)NC(=O)CCS(C)(=O)=O. The topological polar surface area (TPSA) is 89.5 Å². The summed E-state index contributed by atoms with van der Waals surface area (Å²) in [6, 6.07) is -0.720. The molecule has 106 valence electrons. The molecule has 0 radical (unpaired) electrons. The molecule has 0 heterocycles. The van der Waals surface area contributed by atoms with Crippen LogP contribution < -0.4 is 5.32 Å². The van der Waals surface area contributed by atoms with E-state index >= 15 is 0 Å². The molecule has 0 aromatic rings. The van der Waals surface area contributed by atoms with Gasteiger partial charge in [-0.15, -0.1) is 0 Å². The second-order valence-corrected chi connectivity index (χ2v) is 6.91. The first-order valence-corrected chi connectivity index (χ1v) is 7.76. The fourth-order valence-electron chi connectivity index (χ4n) is 1.37. The highest BCUT2D eigenvalue weighted by atomic mass is 32.2. The van der Waals surface area contributed by atoms with Crippen LogP contribution in [0.2, 0.25) is 0 Å². The third kappa shape index (κ3) is 8.05. The second-order valence-electron chi connectivity index (χ2n) is 4.65. The van der Waals surface area contributed by atoms with E-state index in [1.54, 1.807) is 0 Å². The second kappa shape index (κ2) is 7.35. The van der Waals surface area contributed by atoms with Crippen LogP contribution in [0.3, 0.4) is 0 Å². The molecule has 1 amide bonds. The van der Waals surface area contributed by atoms with Gasteiger partial charge in [-0.1, -0.05) is 13.8 Å². The molecule has 7 heteroatoms. The van der Waals surface area contributed by atoms with Gasteiger partial charge in [0.05, 0.1) is 12.9 Å². The van der Waals surface area contributed by atoms with Crippen LogP contribution in [0.1, 0.15) is 26.7 Å². The van der Waals surface area contributed by atoms with Crippen molar-refractivity contribution in [3.63, 3.8) is 0 Å². The molecule has 0 fully saturated rings. The molecule has 0 spiro atoms. The van der Waals surface area contributed by atoms with Gasteiger partial charge < -0.3 is 10.1 Å². The fourth-order valence-corrected chi connectivity index (χ4v) is 1.93. The maximum Gasteiger partial charge on any atom is 0.328 e. The lowest BCUT2D eigenvalue weighted by atomic mass is 10.0. The van der Waals surface area contributed by atoms with E-state index in [4.69, 9.17) is 0 Å². The zero-order valence-electron chi connectivity index (χ0n) is 11.2. The summed E-state index contributed by atoms with van der Waals surface area (Å²) < 4.78 is 26.4. The highest BCUT2D eigenvalue weighted by Gasteiger charge is 2.22. The quantitative estimate of drug-likeness (QED) is 0.669. The average Bonchev–Trinajstić information content (AvgIpc) is 2.22. The number of nitrogens with one attached hydrogen (secondary N) is 1. The monoisotopic (exact) mass is 279 g/mol. The molecule has 18 heavy (non-hydrogen) atoms. The van der Waals surface area contributed by atoms with Gasteiger partial charge in [0.1, 0.15) is 15.9 Å². The van der Waals surface area contributed by atoms with Gasteiger partial charge in [-0.2, -0.15) is 0 Å². The van der Waals surface area contributed by atoms with Gasteiger partial charge in [0.2, 0.25) is 5.91 Å². The van der Waals surface area contributed by atoms with E-state index < -0.39 is 27.8 Å². The lowest BCUT2D eigenvalue weighted by Gasteiger charge is -2.18. The summed E-state index contributed by atoms with van der Waals surface area (Å²) in [6.07, 6.45) is 1.37. The highest BCUT2D eigenvalue weighted by molar-refractivity contribution is 7.90. The van der Waals surface area contributed by atoms with Crippen molar-refractivity contribution >= 4 is 21.7 Å². The van der Waals surface area contributed by atoms with E-state index in [9.17, 15) is 18.0 Å². The van der Waals surface area contributed by atoms with Crippen LogP contribution >= 0.6 is 0 Å². The van der Waals surface area contributed by atoms with Crippen molar-refractivity contribution in [1.29, 1.82) is 0 Å². The number of hydrogen-bond donors (Lipinski definition) is 1. The third-order valence-corrected chi connectivity index (χ3v) is 3.17. The summed E-state index contributed by atoms with van der Waals surface area (Å²) in [5.74, 6) is -0.994. The molecule has 0 aromatic heterocycles. The Labute approximate surface area is 108 Å². The summed E-state index contributed by atoms with van der Waals surface area (Å²) in [4.78, 5) is 22.9. The predicted octanol–water partition coefficient (Wildman–Crippen LogP) is 0.125. The van der Waals surface area contributed by atoms with Crippen LogP contribution in [0.25, 0.3) is 0 Å². The van der Waals surface area contributed by atoms with E-state index in [1.165, 1.54) is 7.11 Å². The smallest absolute Gasteiger partial charge is 0.328 e. The Morgan fingerprint density at radius 1 is 1.28 bits per heavy atom. The van der Waals surface area contributed by atoms with E-state index in [2.05, 4.69) is 10.1 Å². The summed E-state index contributed by atoms with van der Waals surface area (Å²) in [6.45, 7) is 3.83. The molecule has 0 aliphatic carbocycles. The number of carbonyl (C=O) groups excluding carboxylic acids is 2. The third-order valence-electron chi connectivity index (χ3n) is 2.23. The Hall–Kier alpha value is -1.11. The first-order valence-electron chi connectivity index (χ1n) is 5.70. The molecule has 0 rings (SSSR count). The Bertz CT molecular complexity index is 388. The van der Waals surface area contributed by atoms with Crippen molar-refractivity contribution in [3.05, 3.63) is 0 Å². The lowest BCUT2D eigenvalue weighted by Crippen LogP contribution is -2.42. The number of amides is 1. The zero-order chi connectivity index (χ0) is 14.3. The number of hydrogen-bond acceptors (Lipinski definition) is 5. The van der Waals surface area contributed by atoms with Gasteiger partial charge in [0.25, 0.3) is 0 Å². The molecular weight excluding hydrogens is 258 g/mol. The summed E-state index contributed by atoms with van der Waals surface area (Å²) in [5, 5.41) is 2.49.